The van der Waals surface area contributed by atoms with E-state index in [1.807, 2.05) is 25.1 Å². The van der Waals surface area contributed by atoms with Gasteiger partial charge in [-0.3, -0.25) is 0 Å². The summed E-state index contributed by atoms with van der Waals surface area (Å²) in [5, 5.41) is 8.65. The van der Waals surface area contributed by atoms with E-state index in [-0.39, 0.29) is 24.0 Å². The molecule has 0 aliphatic carbocycles. The minimum atomic E-state index is 0. The van der Waals surface area contributed by atoms with Crippen LogP contribution in [-0.2, 0) is 13.1 Å². The zero-order chi connectivity index (χ0) is 18.1. The molecule has 26 heavy (non-hydrogen) atoms. The molecular formula is C18H26IN3O3S. The molecule has 0 fully saturated rings. The third-order valence-electron chi connectivity index (χ3n) is 3.55. The first kappa shape index (κ1) is 22.4. The Hall–Kier alpha value is -1.68. The standard InChI is InChI=1S/C18H25N3O3S.HI/c1-5-19-18(21-12-14-7-6-8-25-14)20-11-13-9-16(23-3)17(24-4)10-15(13)22-2;/h6-10H,5,11-12H2,1-4H3,(H2,19,20,21);1H. The van der Waals surface area contributed by atoms with Crippen molar-refractivity contribution in [1.82, 2.24) is 10.6 Å². The van der Waals surface area contributed by atoms with Gasteiger partial charge in [0.2, 0.25) is 0 Å². The molecule has 0 atom stereocenters. The second-order valence-electron chi connectivity index (χ2n) is 5.15. The van der Waals surface area contributed by atoms with E-state index >= 15 is 0 Å². The van der Waals surface area contributed by atoms with Crippen LogP contribution < -0.4 is 24.8 Å². The molecule has 0 aliphatic rings. The van der Waals surface area contributed by atoms with Crippen molar-refractivity contribution in [3.05, 3.63) is 40.1 Å². The fourth-order valence-corrected chi connectivity index (χ4v) is 2.95. The molecule has 0 unspecified atom stereocenters. The number of aliphatic imine (C=N–C) groups is 1. The molecule has 0 spiro atoms. The van der Waals surface area contributed by atoms with Gasteiger partial charge in [0.25, 0.3) is 0 Å². The third kappa shape index (κ3) is 6.24. The Kier molecular flexibility index (Phi) is 10.2. The van der Waals surface area contributed by atoms with E-state index in [1.165, 1.54) is 4.88 Å². The number of methoxy groups -OCH3 is 3. The number of nitrogens with one attached hydrogen (secondary N) is 2. The predicted octanol–water partition coefficient (Wildman–Crippen LogP) is 3.65. The lowest BCUT2D eigenvalue weighted by molar-refractivity contribution is 0.347. The van der Waals surface area contributed by atoms with E-state index in [1.54, 1.807) is 32.7 Å². The van der Waals surface area contributed by atoms with Gasteiger partial charge in [-0.15, -0.1) is 35.3 Å². The van der Waals surface area contributed by atoms with Crippen LogP contribution in [0.1, 0.15) is 17.4 Å². The lowest BCUT2D eigenvalue weighted by atomic mass is 10.1. The molecule has 1 aromatic carbocycles. The highest BCUT2D eigenvalue weighted by Gasteiger charge is 2.11. The Morgan fingerprint density at radius 3 is 2.31 bits per heavy atom. The zero-order valence-corrected chi connectivity index (χ0v) is 18.6. The first-order valence-corrected chi connectivity index (χ1v) is 8.93. The zero-order valence-electron chi connectivity index (χ0n) is 15.5. The Labute approximate surface area is 176 Å². The first-order valence-electron chi connectivity index (χ1n) is 8.05. The highest BCUT2D eigenvalue weighted by molar-refractivity contribution is 14.0. The summed E-state index contributed by atoms with van der Waals surface area (Å²) in [5.41, 5.74) is 0.925. The molecule has 0 saturated heterocycles. The molecule has 2 aromatic rings. The highest BCUT2D eigenvalue weighted by atomic mass is 127. The van der Waals surface area contributed by atoms with Gasteiger partial charge in [0, 0.05) is 23.1 Å². The lowest BCUT2D eigenvalue weighted by Crippen LogP contribution is -2.36. The lowest BCUT2D eigenvalue weighted by Gasteiger charge is -2.14. The molecule has 0 radical (unpaired) electrons. The molecule has 1 aromatic heterocycles. The molecular weight excluding hydrogens is 465 g/mol. The number of nitrogens with zero attached hydrogens (tertiary/aromatic N) is 1. The van der Waals surface area contributed by atoms with Gasteiger partial charge in [-0.25, -0.2) is 4.99 Å². The van der Waals surface area contributed by atoms with Crippen LogP contribution in [0.4, 0.5) is 0 Å². The maximum Gasteiger partial charge on any atom is 0.191 e. The van der Waals surface area contributed by atoms with Crippen molar-refractivity contribution in [2.24, 2.45) is 4.99 Å². The summed E-state index contributed by atoms with van der Waals surface area (Å²) < 4.78 is 16.1. The van der Waals surface area contributed by atoms with Crippen molar-refractivity contribution in [2.75, 3.05) is 27.9 Å². The maximum atomic E-state index is 5.45. The van der Waals surface area contributed by atoms with Crippen LogP contribution >= 0.6 is 35.3 Å². The number of hydrogen-bond donors (Lipinski definition) is 2. The van der Waals surface area contributed by atoms with Gasteiger partial charge in [-0.2, -0.15) is 0 Å². The van der Waals surface area contributed by atoms with Gasteiger partial charge < -0.3 is 24.8 Å². The maximum absolute atomic E-state index is 5.45. The molecule has 8 heteroatoms. The van der Waals surface area contributed by atoms with Crippen LogP contribution in [0.15, 0.2) is 34.6 Å². The minimum absolute atomic E-state index is 0. The van der Waals surface area contributed by atoms with Gasteiger partial charge in [0.05, 0.1) is 34.4 Å². The Morgan fingerprint density at radius 1 is 1.04 bits per heavy atom. The van der Waals surface area contributed by atoms with E-state index in [2.05, 4.69) is 27.1 Å². The number of hydrogen-bond acceptors (Lipinski definition) is 5. The number of thiophene rings is 1. The summed E-state index contributed by atoms with van der Waals surface area (Å²) in [6, 6.07) is 7.85. The van der Waals surface area contributed by atoms with Gasteiger partial charge >= 0.3 is 0 Å². The average molecular weight is 491 g/mol. The smallest absolute Gasteiger partial charge is 0.191 e. The van der Waals surface area contributed by atoms with E-state index in [0.717, 1.165) is 30.4 Å². The number of guanidine groups is 1. The van der Waals surface area contributed by atoms with Crippen LogP contribution in [0.2, 0.25) is 0 Å². The van der Waals surface area contributed by atoms with Gasteiger partial charge in [-0.1, -0.05) is 6.07 Å². The SMILES string of the molecule is CCNC(=NCc1cc(OC)c(OC)cc1OC)NCc1cccs1.I. The monoisotopic (exact) mass is 491 g/mol. The molecule has 144 valence electrons. The molecule has 0 saturated carbocycles. The van der Waals surface area contributed by atoms with Crippen molar-refractivity contribution >= 4 is 41.3 Å². The number of benzene rings is 1. The Balaban J connectivity index is 0.00000338. The van der Waals surface area contributed by atoms with Gasteiger partial charge in [-0.05, 0) is 24.4 Å². The summed E-state index contributed by atoms with van der Waals surface area (Å²) in [6.07, 6.45) is 0. The minimum Gasteiger partial charge on any atom is -0.496 e. The van der Waals surface area contributed by atoms with Crippen LogP contribution in [0.3, 0.4) is 0 Å². The van der Waals surface area contributed by atoms with Crippen molar-refractivity contribution < 1.29 is 14.2 Å². The van der Waals surface area contributed by atoms with Crippen molar-refractivity contribution in [3.63, 3.8) is 0 Å². The van der Waals surface area contributed by atoms with Crippen molar-refractivity contribution in [3.8, 4) is 17.2 Å². The van der Waals surface area contributed by atoms with Crippen molar-refractivity contribution in [2.45, 2.75) is 20.0 Å². The topological polar surface area (TPSA) is 64.1 Å². The van der Waals surface area contributed by atoms with Crippen LogP contribution in [0.5, 0.6) is 17.2 Å². The molecule has 1 heterocycles. The number of halogens is 1. The molecule has 0 amide bonds. The van der Waals surface area contributed by atoms with E-state index in [0.29, 0.717) is 18.0 Å². The van der Waals surface area contributed by atoms with E-state index in [4.69, 9.17) is 14.2 Å². The fraction of sp³-hybridized carbons (Fsp3) is 0.389. The molecule has 0 aliphatic heterocycles. The number of ether oxygens (including phenoxy) is 3. The first-order chi connectivity index (χ1) is 12.2. The Morgan fingerprint density at radius 2 is 1.73 bits per heavy atom. The van der Waals surface area contributed by atoms with Gasteiger partial charge in [0.15, 0.2) is 17.5 Å². The second kappa shape index (κ2) is 11.8. The van der Waals surface area contributed by atoms with Crippen LogP contribution in [-0.4, -0.2) is 33.8 Å². The summed E-state index contributed by atoms with van der Waals surface area (Å²) in [7, 11) is 4.85. The molecule has 2 rings (SSSR count). The van der Waals surface area contributed by atoms with Crippen LogP contribution in [0, 0.1) is 0 Å². The second-order valence-corrected chi connectivity index (χ2v) is 6.18. The summed E-state index contributed by atoms with van der Waals surface area (Å²) in [5.74, 6) is 2.77. The van der Waals surface area contributed by atoms with E-state index < -0.39 is 0 Å². The van der Waals surface area contributed by atoms with Crippen LogP contribution in [0.25, 0.3) is 0 Å². The quantitative estimate of drug-likeness (QED) is 0.336. The largest absolute Gasteiger partial charge is 0.496 e. The third-order valence-corrected chi connectivity index (χ3v) is 4.42. The molecule has 2 N–H and O–H groups in total. The number of rotatable bonds is 8. The fourth-order valence-electron chi connectivity index (χ4n) is 2.31. The van der Waals surface area contributed by atoms with Crippen molar-refractivity contribution in [1.29, 1.82) is 0 Å². The average Bonchev–Trinajstić information content (AvgIpc) is 3.16. The summed E-state index contributed by atoms with van der Waals surface area (Å²) >= 11 is 1.72. The Bertz CT molecular complexity index is 693. The molecule has 0 bridgehead atoms. The van der Waals surface area contributed by atoms with E-state index in [9.17, 15) is 0 Å². The summed E-state index contributed by atoms with van der Waals surface area (Å²) in [4.78, 5) is 5.90. The van der Waals surface area contributed by atoms with Gasteiger partial charge in [0.1, 0.15) is 5.75 Å². The summed E-state index contributed by atoms with van der Waals surface area (Å²) in [6.45, 7) is 4.04. The predicted molar refractivity (Wildman–Crippen MR) is 117 cm³/mol. The normalized spacial score (nSPS) is 10.7. The molecule has 6 nitrogen and oxygen atoms in total. The highest BCUT2D eigenvalue weighted by Crippen LogP contribution is 2.34.